The van der Waals surface area contributed by atoms with E-state index in [0.29, 0.717) is 25.1 Å². The number of amides is 2. The molecule has 3 aromatic rings. The summed E-state index contributed by atoms with van der Waals surface area (Å²) in [6.07, 6.45) is 7.32. The van der Waals surface area contributed by atoms with Gasteiger partial charge in [0.1, 0.15) is 6.04 Å². The molecule has 8 heteroatoms. The Balaban J connectivity index is 1.58. The van der Waals surface area contributed by atoms with E-state index in [2.05, 4.69) is 5.32 Å². The molecule has 0 aliphatic heterocycles. The molecular weight excluding hydrogens is 558 g/mol. The summed E-state index contributed by atoms with van der Waals surface area (Å²) in [4.78, 5) is 29.6. The molecule has 1 N–H and O–H groups in total. The van der Waals surface area contributed by atoms with Gasteiger partial charge in [-0.2, -0.15) is 0 Å². The predicted molar refractivity (Wildman–Crippen MR) is 173 cm³/mol. The van der Waals surface area contributed by atoms with Gasteiger partial charge in [-0.1, -0.05) is 86.0 Å². The summed E-state index contributed by atoms with van der Waals surface area (Å²) in [6.45, 7) is 4.34. The highest BCUT2D eigenvalue weighted by Gasteiger charge is 2.32. The van der Waals surface area contributed by atoms with Gasteiger partial charge >= 0.3 is 0 Å². The Morgan fingerprint density at radius 1 is 0.860 bits per heavy atom. The largest absolute Gasteiger partial charge is 0.352 e. The molecule has 3 aromatic carbocycles. The topological polar surface area (TPSA) is 86.8 Å². The summed E-state index contributed by atoms with van der Waals surface area (Å²) >= 11 is 0. The van der Waals surface area contributed by atoms with Crippen molar-refractivity contribution < 1.29 is 18.0 Å². The molecule has 4 rings (SSSR count). The lowest BCUT2D eigenvalue weighted by Gasteiger charge is -2.34. The lowest BCUT2D eigenvalue weighted by Crippen LogP contribution is -2.52. The minimum atomic E-state index is -3.56. The van der Waals surface area contributed by atoms with Crippen LogP contribution < -0.4 is 9.62 Å². The molecule has 0 aromatic heterocycles. The lowest BCUT2D eigenvalue weighted by atomic mass is 9.94. The molecule has 1 saturated carbocycles. The molecular formula is C35H45N3O4S. The van der Waals surface area contributed by atoms with E-state index in [0.717, 1.165) is 47.9 Å². The SMILES string of the molecule is Cc1cc(C)cc(N(CCCC(=O)N(Cc2ccccc2)[C@@H](Cc2ccccc2)C(=O)NC2CCCCC2)S(C)(=O)=O)c1. The third-order valence-corrected chi connectivity index (χ3v) is 9.26. The first kappa shape index (κ1) is 32.3. The molecule has 0 saturated heterocycles. The molecule has 2 amide bonds. The maximum atomic E-state index is 14.0. The highest BCUT2D eigenvalue weighted by atomic mass is 32.2. The smallest absolute Gasteiger partial charge is 0.243 e. The van der Waals surface area contributed by atoms with Crippen LogP contribution in [0.2, 0.25) is 0 Å². The zero-order valence-corrected chi connectivity index (χ0v) is 26.5. The molecule has 0 heterocycles. The van der Waals surface area contributed by atoms with Crippen LogP contribution in [0.4, 0.5) is 5.69 Å². The van der Waals surface area contributed by atoms with Crippen molar-refractivity contribution in [1.82, 2.24) is 10.2 Å². The highest BCUT2D eigenvalue weighted by Crippen LogP contribution is 2.23. The van der Waals surface area contributed by atoms with Gasteiger partial charge in [0.2, 0.25) is 21.8 Å². The van der Waals surface area contributed by atoms with Gasteiger partial charge in [0, 0.05) is 32.0 Å². The monoisotopic (exact) mass is 603 g/mol. The first-order chi connectivity index (χ1) is 20.6. The zero-order chi connectivity index (χ0) is 30.8. The van der Waals surface area contributed by atoms with Gasteiger partial charge < -0.3 is 10.2 Å². The van der Waals surface area contributed by atoms with E-state index < -0.39 is 16.1 Å². The number of nitrogens with one attached hydrogen (secondary N) is 1. The molecule has 0 spiro atoms. The first-order valence-corrected chi connectivity index (χ1v) is 17.2. The van der Waals surface area contributed by atoms with Crippen LogP contribution in [0, 0.1) is 13.8 Å². The Morgan fingerprint density at radius 2 is 1.44 bits per heavy atom. The summed E-state index contributed by atoms with van der Waals surface area (Å²) in [7, 11) is -3.56. The number of aryl methyl sites for hydroxylation is 2. The van der Waals surface area contributed by atoms with Crippen molar-refractivity contribution in [2.45, 2.75) is 83.8 Å². The summed E-state index contributed by atoms with van der Waals surface area (Å²) in [5.41, 5.74) is 4.47. The van der Waals surface area contributed by atoms with Crippen molar-refractivity contribution in [2.24, 2.45) is 0 Å². The molecule has 1 aliphatic rings. The lowest BCUT2D eigenvalue weighted by molar-refractivity contribution is -0.141. The molecule has 1 aliphatic carbocycles. The summed E-state index contributed by atoms with van der Waals surface area (Å²) in [5.74, 6) is -0.300. The standard InChI is InChI=1S/C35H45N3O4S/c1-27-22-28(2)24-32(23-27)38(43(3,41)42)21-13-20-34(39)37(26-30-16-9-5-10-17-30)33(25-29-14-7-4-8-15-29)35(40)36-31-18-11-6-12-19-31/h4-5,7-10,14-17,22-24,31,33H,6,11-13,18-21,25-26H2,1-3H3,(H,36,40)/t33-/m0/s1. The number of carbonyl (C=O) groups excluding carboxylic acids is 2. The first-order valence-electron chi connectivity index (χ1n) is 15.3. The Labute approximate surface area is 257 Å². The van der Waals surface area contributed by atoms with Crippen molar-refractivity contribution in [2.75, 3.05) is 17.1 Å². The van der Waals surface area contributed by atoms with Gasteiger partial charge in [0.25, 0.3) is 0 Å². The van der Waals surface area contributed by atoms with Crippen LogP contribution in [0.5, 0.6) is 0 Å². The van der Waals surface area contributed by atoms with Crippen LogP contribution in [0.15, 0.2) is 78.9 Å². The fraction of sp³-hybridized carbons (Fsp3) is 0.429. The van der Waals surface area contributed by atoms with Crippen molar-refractivity contribution in [1.29, 1.82) is 0 Å². The van der Waals surface area contributed by atoms with Gasteiger partial charge in [-0.3, -0.25) is 13.9 Å². The molecule has 0 unspecified atom stereocenters. The molecule has 0 bridgehead atoms. The highest BCUT2D eigenvalue weighted by molar-refractivity contribution is 7.92. The molecule has 43 heavy (non-hydrogen) atoms. The van der Waals surface area contributed by atoms with E-state index >= 15 is 0 Å². The number of hydrogen-bond donors (Lipinski definition) is 1. The summed E-state index contributed by atoms with van der Waals surface area (Å²) in [5, 5.41) is 3.27. The van der Waals surface area contributed by atoms with E-state index in [-0.39, 0.29) is 30.8 Å². The predicted octanol–water partition coefficient (Wildman–Crippen LogP) is 5.94. The number of nitrogens with zero attached hydrogens (tertiary/aromatic N) is 2. The Bertz CT molecular complexity index is 1430. The van der Waals surface area contributed by atoms with E-state index in [1.54, 1.807) is 4.90 Å². The molecule has 230 valence electrons. The van der Waals surface area contributed by atoms with E-state index in [9.17, 15) is 18.0 Å². The average molecular weight is 604 g/mol. The fourth-order valence-electron chi connectivity index (χ4n) is 5.98. The van der Waals surface area contributed by atoms with Crippen LogP contribution in [-0.2, 0) is 32.6 Å². The Kier molecular flexibility index (Phi) is 11.4. The maximum absolute atomic E-state index is 14.0. The van der Waals surface area contributed by atoms with Gasteiger partial charge in [-0.15, -0.1) is 0 Å². The zero-order valence-electron chi connectivity index (χ0n) is 25.7. The van der Waals surface area contributed by atoms with Crippen molar-refractivity contribution in [3.8, 4) is 0 Å². The minimum Gasteiger partial charge on any atom is -0.352 e. The number of benzene rings is 3. The van der Waals surface area contributed by atoms with Gasteiger partial charge in [-0.05, 0) is 67.5 Å². The third-order valence-electron chi connectivity index (χ3n) is 8.07. The summed E-state index contributed by atoms with van der Waals surface area (Å²) in [6, 6.07) is 24.7. The Morgan fingerprint density at radius 3 is 2.02 bits per heavy atom. The Hall–Kier alpha value is -3.65. The number of hydrogen-bond acceptors (Lipinski definition) is 4. The minimum absolute atomic E-state index is 0.117. The van der Waals surface area contributed by atoms with Crippen molar-refractivity contribution in [3.05, 3.63) is 101 Å². The molecule has 0 radical (unpaired) electrons. The van der Waals surface area contributed by atoms with E-state index in [1.165, 1.54) is 17.0 Å². The molecule has 7 nitrogen and oxygen atoms in total. The van der Waals surface area contributed by atoms with E-state index in [1.807, 2.05) is 92.7 Å². The van der Waals surface area contributed by atoms with Crippen LogP contribution in [0.3, 0.4) is 0 Å². The quantitative estimate of drug-likeness (QED) is 0.262. The second-order valence-electron chi connectivity index (χ2n) is 11.8. The number of anilines is 1. The molecule has 1 atom stereocenters. The fourth-order valence-corrected chi connectivity index (χ4v) is 6.93. The third kappa shape index (κ3) is 9.68. The number of sulfonamides is 1. The van der Waals surface area contributed by atoms with Crippen LogP contribution in [0.1, 0.15) is 67.2 Å². The second kappa shape index (κ2) is 15.2. The molecule has 1 fully saturated rings. The summed E-state index contributed by atoms with van der Waals surface area (Å²) < 4.78 is 26.9. The second-order valence-corrected chi connectivity index (χ2v) is 13.7. The van der Waals surface area contributed by atoms with Crippen LogP contribution in [0.25, 0.3) is 0 Å². The van der Waals surface area contributed by atoms with Crippen molar-refractivity contribution in [3.63, 3.8) is 0 Å². The van der Waals surface area contributed by atoms with Gasteiger partial charge in [0.05, 0.1) is 11.9 Å². The van der Waals surface area contributed by atoms with Crippen LogP contribution >= 0.6 is 0 Å². The van der Waals surface area contributed by atoms with Crippen molar-refractivity contribution >= 4 is 27.5 Å². The average Bonchev–Trinajstić information content (AvgIpc) is 2.97. The van der Waals surface area contributed by atoms with Crippen LogP contribution in [-0.4, -0.2) is 50.0 Å². The number of carbonyl (C=O) groups is 2. The maximum Gasteiger partial charge on any atom is 0.243 e. The van der Waals surface area contributed by atoms with Gasteiger partial charge in [-0.25, -0.2) is 8.42 Å². The van der Waals surface area contributed by atoms with Gasteiger partial charge in [0.15, 0.2) is 0 Å². The normalized spacial score (nSPS) is 14.6. The van der Waals surface area contributed by atoms with E-state index in [4.69, 9.17) is 0 Å². The number of rotatable bonds is 13.